The van der Waals surface area contributed by atoms with Gasteiger partial charge in [-0.05, 0) is 41.1 Å². The van der Waals surface area contributed by atoms with Crippen LogP contribution in [0.25, 0.3) is 11.5 Å². The van der Waals surface area contributed by atoms with Gasteiger partial charge < -0.3 is 9.15 Å². The molecule has 0 aliphatic heterocycles. The smallest absolute Gasteiger partial charge is 0.339 e. The van der Waals surface area contributed by atoms with E-state index in [0.717, 1.165) is 15.6 Å². The maximum Gasteiger partial charge on any atom is 0.339 e. The number of esters is 1. The molecule has 31 heavy (non-hydrogen) atoms. The van der Waals surface area contributed by atoms with Gasteiger partial charge in [-0.15, -0.1) is 10.2 Å². The molecule has 0 saturated carbocycles. The van der Waals surface area contributed by atoms with Crippen molar-refractivity contribution < 1.29 is 18.7 Å². The van der Waals surface area contributed by atoms with E-state index in [2.05, 4.69) is 26.1 Å². The van der Waals surface area contributed by atoms with Gasteiger partial charge in [-0.3, -0.25) is 4.79 Å². The molecule has 0 N–H and O–H groups in total. The number of benzene rings is 3. The van der Waals surface area contributed by atoms with Crippen LogP contribution in [0.5, 0.6) is 0 Å². The number of ketones is 1. The van der Waals surface area contributed by atoms with Crippen LogP contribution in [0.3, 0.4) is 0 Å². The summed E-state index contributed by atoms with van der Waals surface area (Å²) >= 11 is 3.43. The number of hydrogen-bond acceptors (Lipinski definition) is 6. The average Bonchev–Trinajstić information content (AvgIpc) is 3.26. The lowest BCUT2D eigenvalue weighted by molar-refractivity contribution is 0.0436. The Kier molecular flexibility index (Phi) is 6.04. The Balaban J connectivity index is 1.49. The summed E-state index contributed by atoms with van der Waals surface area (Å²) in [7, 11) is 0. The summed E-state index contributed by atoms with van der Waals surface area (Å²) in [5, 5.41) is 7.93. The maximum absolute atomic E-state index is 12.9. The van der Waals surface area contributed by atoms with Crippen LogP contribution in [0.1, 0.15) is 37.7 Å². The summed E-state index contributed by atoms with van der Waals surface area (Å²) in [6.45, 7) is 1.74. The molecule has 0 aliphatic rings. The van der Waals surface area contributed by atoms with Crippen molar-refractivity contribution in [2.75, 3.05) is 0 Å². The zero-order valence-electron chi connectivity index (χ0n) is 16.5. The highest BCUT2D eigenvalue weighted by molar-refractivity contribution is 9.10. The number of rotatable bonds is 6. The Morgan fingerprint density at radius 1 is 0.903 bits per heavy atom. The summed E-state index contributed by atoms with van der Waals surface area (Å²) in [6.07, 6.45) is 0. The predicted octanol–water partition coefficient (Wildman–Crippen LogP) is 5.40. The molecule has 0 saturated heterocycles. The second-order valence-electron chi connectivity index (χ2n) is 6.80. The predicted molar refractivity (Wildman–Crippen MR) is 118 cm³/mol. The number of aromatic nitrogens is 2. The first-order valence-electron chi connectivity index (χ1n) is 9.48. The molecule has 1 aromatic heterocycles. The fourth-order valence-corrected chi connectivity index (χ4v) is 3.43. The SMILES string of the molecule is Cc1ccc(C(=O)c2ccccc2C(=O)OCc2nnc(-c3ccccc3Br)o2)cc1. The fourth-order valence-electron chi connectivity index (χ4n) is 2.98. The molecule has 1 heterocycles. The van der Waals surface area contributed by atoms with Crippen molar-refractivity contribution in [3.8, 4) is 11.5 Å². The number of carbonyl (C=O) groups is 2. The van der Waals surface area contributed by atoms with Crippen molar-refractivity contribution >= 4 is 27.7 Å². The van der Waals surface area contributed by atoms with Gasteiger partial charge in [0.25, 0.3) is 5.89 Å². The molecule has 0 bridgehead atoms. The van der Waals surface area contributed by atoms with Gasteiger partial charge in [-0.1, -0.05) is 60.2 Å². The van der Waals surface area contributed by atoms with Crippen LogP contribution >= 0.6 is 15.9 Å². The standard InChI is InChI=1S/C24H17BrN2O4/c1-15-10-12-16(13-11-15)22(28)17-6-2-3-7-18(17)24(29)30-14-21-26-27-23(31-21)19-8-4-5-9-20(19)25/h2-13H,14H2,1H3. The van der Waals surface area contributed by atoms with Crippen molar-refractivity contribution in [1.82, 2.24) is 10.2 Å². The first kappa shape index (κ1) is 20.7. The van der Waals surface area contributed by atoms with E-state index >= 15 is 0 Å². The minimum absolute atomic E-state index is 0.154. The molecule has 0 atom stereocenters. The van der Waals surface area contributed by atoms with Crippen molar-refractivity contribution in [2.24, 2.45) is 0 Å². The maximum atomic E-state index is 12.9. The summed E-state index contributed by atoms with van der Waals surface area (Å²) in [4.78, 5) is 25.6. The van der Waals surface area contributed by atoms with Gasteiger partial charge in [0, 0.05) is 15.6 Å². The molecule has 0 spiro atoms. The summed E-state index contributed by atoms with van der Waals surface area (Å²) in [6, 6.07) is 21.2. The minimum atomic E-state index is -0.642. The number of carbonyl (C=O) groups excluding carboxylic acids is 2. The highest BCUT2D eigenvalue weighted by Crippen LogP contribution is 2.27. The lowest BCUT2D eigenvalue weighted by atomic mass is 9.98. The lowest BCUT2D eigenvalue weighted by Gasteiger charge is -2.08. The Bertz CT molecular complexity index is 1250. The summed E-state index contributed by atoms with van der Waals surface area (Å²) < 4.78 is 11.7. The van der Waals surface area contributed by atoms with Crippen molar-refractivity contribution in [3.05, 3.63) is 105 Å². The van der Waals surface area contributed by atoms with E-state index in [-0.39, 0.29) is 29.4 Å². The van der Waals surface area contributed by atoms with E-state index in [1.54, 1.807) is 36.4 Å². The molecule has 4 aromatic rings. The highest BCUT2D eigenvalue weighted by atomic mass is 79.9. The van der Waals surface area contributed by atoms with E-state index < -0.39 is 5.97 Å². The van der Waals surface area contributed by atoms with Crippen LogP contribution in [-0.4, -0.2) is 21.9 Å². The van der Waals surface area contributed by atoms with E-state index in [4.69, 9.17) is 9.15 Å². The van der Waals surface area contributed by atoms with E-state index in [0.29, 0.717) is 11.5 Å². The molecule has 6 nitrogen and oxygen atoms in total. The van der Waals surface area contributed by atoms with Crippen LogP contribution in [-0.2, 0) is 11.3 Å². The third-order valence-corrected chi connectivity index (χ3v) is 5.29. The van der Waals surface area contributed by atoms with Gasteiger partial charge >= 0.3 is 5.97 Å². The largest absolute Gasteiger partial charge is 0.452 e. The molecule has 0 radical (unpaired) electrons. The number of ether oxygens (including phenoxy) is 1. The number of nitrogens with zero attached hydrogens (tertiary/aromatic N) is 2. The monoisotopic (exact) mass is 476 g/mol. The van der Waals surface area contributed by atoms with Crippen molar-refractivity contribution in [3.63, 3.8) is 0 Å². The minimum Gasteiger partial charge on any atom is -0.452 e. The van der Waals surface area contributed by atoms with Crippen LogP contribution < -0.4 is 0 Å². The molecule has 7 heteroatoms. The molecule has 3 aromatic carbocycles. The average molecular weight is 477 g/mol. The Morgan fingerprint density at radius 2 is 1.58 bits per heavy atom. The number of hydrogen-bond donors (Lipinski definition) is 0. The molecular weight excluding hydrogens is 460 g/mol. The van der Waals surface area contributed by atoms with Gasteiger partial charge in [-0.25, -0.2) is 4.79 Å². The summed E-state index contributed by atoms with van der Waals surface area (Å²) in [5.41, 5.74) is 2.74. The molecule has 154 valence electrons. The Hall–Kier alpha value is -3.58. The zero-order valence-corrected chi connectivity index (χ0v) is 18.1. The molecule has 0 amide bonds. The van der Waals surface area contributed by atoms with Crippen LogP contribution in [0.2, 0.25) is 0 Å². The van der Waals surface area contributed by atoms with Crippen LogP contribution in [0.15, 0.2) is 81.7 Å². The van der Waals surface area contributed by atoms with E-state index in [9.17, 15) is 9.59 Å². The Labute approximate surface area is 187 Å². The molecule has 0 fully saturated rings. The van der Waals surface area contributed by atoms with E-state index in [1.165, 1.54) is 0 Å². The topological polar surface area (TPSA) is 82.3 Å². The van der Waals surface area contributed by atoms with Gasteiger partial charge in [0.05, 0.1) is 11.1 Å². The Morgan fingerprint density at radius 3 is 2.32 bits per heavy atom. The number of aryl methyl sites for hydroxylation is 1. The van der Waals surface area contributed by atoms with Gasteiger partial charge in [0.1, 0.15) is 0 Å². The van der Waals surface area contributed by atoms with Crippen LogP contribution in [0.4, 0.5) is 0 Å². The third-order valence-electron chi connectivity index (χ3n) is 4.60. The van der Waals surface area contributed by atoms with E-state index in [1.807, 2.05) is 43.3 Å². The molecule has 0 unspecified atom stereocenters. The lowest BCUT2D eigenvalue weighted by Crippen LogP contribution is -2.12. The third kappa shape index (κ3) is 4.62. The van der Waals surface area contributed by atoms with Gasteiger partial charge in [0.2, 0.25) is 5.89 Å². The fraction of sp³-hybridized carbons (Fsp3) is 0.0833. The first-order chi connectivity index (χ1) is 15.0. The molecular formula is C24H17BrN2O4. The second kappa shape index (κ2) is 9.06. The zero-order chi connectivity index (χ0) is 21.8. The molecule has 4 rings (SSSR count). The van der Waals surface area contributed by atoms with Crippen molar-refractivity contribution in [1.29, 1.82) is 0 Å². The van der Waals surface area contributed by atoms with Gasteiger partial charge in [0.15, 0.2) is 12.4 Å². The summed E-state index contributed by atoms with van der Waals surface area (Å²) in [5.74, 6) is -0.423. The normalized spacial score (nSPS) is 10.6. The first-order valence-corrected chi connectivity index (χ1v) is 10.3. The molecule has 0 aliphatic carbocycles. The van der Waals surface area contributed by atoms with Crippen LogP contribution in [0, 0.1) is 6.92 Å². The number of halogens is 1. The van der Waals surface area contributed by atoms with Gasteiger partial charge in [-0.2, -0.15) is 0 Å². The highest BCUT2D eigenvalue weighted by Gasteiger charge is 2.20. The van der Waals surface area contributed by atoms with Crippen molar-refractivity contribution in [2.45, 2.75) is 13.5 Å². The quantitative estimate of drug-likeness (QED) is 0.273. The second-order valence-corrected chi connectivity index (χ2v) is 7.65.